The average molecular weight is 235 g/mol. The number of aromatic nitrogens is 2. The smallest absolute Gasteiger partial charge is 0.249 e. The molecule has 1 aromatic rings. The fourth-order valence-corrected chi connectivity index (χ4v) is 1.60. The topological polar surface area (TPSA) is 101 Å². The third-order valence-corrected chi connectivity index (χ3v) is 2.62. The standard InChI is InChI=1S/C10H13N5O2/c1-6-10(17)14-9(16)5-15(6)8-4-12-7(2-11)3-13-8/h3-4,6H,2,5,11H2,1H3,(H,14,16,17). The molecule has 7 nitrogen and oxygen atoms in total. The number of imide groups is 1. The van der Waals surface area contributed by atoms with Gasteiger partial charge in [0, 0.05) is 6.54 Å². The molecule has 0 saturated carbocycles. The van der Waals surface area contributed by atoms with Crippen molar-refractivity contribution in [2.24, 2.45) is 5.73 Å². The summed E-state index contributed by atoms with van der Waals surface area (Å²) in [6.45, 7) is 2.12. The van der Waals surface area contributed by atoms with Gasteiger partial charge in [-0.15, -0.1) is 0 Å². The zero-order valence-electron chi connectivity index (χ0n) is 9.38. The monoisotopic (exact) mass is 235 g/mol. The number of nitrogens with zero attached hydrogens (tertiary/aromatic N) is 3. The normalized spacial score (nSPS) is 20.4. The molecule has 3 N–H and O–H groups in total. The molecule has 0 bridgehead atoms. The summed E-state index contributed by atoms with van der Waals surface area (Å²) in [7, 11) is 0. The van der Waals surface area contributed by atoms with Gasteiger partial charge >= 0.3 is 0 Å². The lowest BCUT2D eigenvalue weighted by molar-refractivity contribution is -0.132. The van der Waals surface area contributed by atoms with E-state index in [9.17, 15) is 9.59 Å². The van der Waals surface area contributed by atoms with Crippen molar-refractivity contribution in [1.82, 2.24) is 15.3 Å². The van der Waals surface area contributed by atoms with Crippen molar-refractivity contribution in [2.75, 3.05) is 11.4 Å². The highest BCUT2D eigenvalue weighted by Crippen LogP contribution is 2.15. The quantitative estimate of drug-likeness (QED) is 0.623. The predicted molar refractivity (Wildman–Crippen MR) is 59.9 cm³/mol. The van der Waals surface area contributed by atoms with Crippen molar-refractivity contribution in [3.05, 3.63) is 18.1 Å². The maximum absolute atomic E-state index is 11.5. The number of hydrogen-bond donors (Lipinski definition) is 2. The van der Waals surface area contributed by atoms with Crippen molar-refractivity contribution < 1.29 is 9.59 Å². The van der Waals surface area contributed by atoms with Crippen LogP contribution in [0.15, 0.2) is 12.4 Å². The third kappa shape index (κ3) is 2.23. The summed E-state index contributed by atoms with van der Waals surface area (Å²) in [4.78, 5) is 32.6. The molecule has 17 heavy (non-hydrogen) atoms. The van der Waals surface area contributed by atoms with Crippen LogP contribution in [0.4, 0.5) is 5.82 Å². The molecule has 2 heterocycles. The zero-order valence-corrected chi connectivity index (χ0v) is 9.38. The van der Waals surface area contributed by atoms with E-state index < -0.39 is 6.04 Å². The SMILES string of the molecule is CC1C(=O)NC(=O)CN1c1cnc(CN)cn1. The van der Waals surface area contributed by atoms with E-state index in [-0.39, 0.29) is 18.4 Å². The molecule has 1 aliphatic rings. The van der Waals surface area contributed by atoms with Crippen molar-refractivity contribution in [3.63, 3.8) is 0 Å². The van der Waals surface area contributed by atoms with Gasteiger partial charge in [-0.3, -0.25) is 19.9 Å². The van der Waals surface area contributed by atoms with Crippen LogP contribution in [-0.4, -0.2) is 34.4 Å². The molecule has 90 valence electrons. The molecule has 1 saturated heterocycles. The number of carbonyl (C=O) groups excluding carboxylic acids is 2. The van der Waals surface area contributed by atoms with E-state index in [2.05, 4.69) is 15.3 Å². The highest BCUT2D eigenvalue weighted by atomic mass is 16.2. The fraction of sp³-hybridized carbons (Fsp3) is 0.400. The van der Waals surface area contributed by atoms with Crippen LogP contribution in [0.25, 0.3) is 0 Å². The second-order valence-electron chi connectivity index (χ2n) is 3.79. The van der Waals surface area contributed by atoms with Gasteiger partial charge in [0.2, 0.25) is 11.8 Å². The molecule has 0 aliphatic carbocycles. The van der Waals surface area contributed by atoms with Crippen molar-refractivity contribution >= 4 is 17.6 Å². The average Bonchev–Trinajstić information content (AvgIpc) is 2.34. The Kier molecular flexibility index (Phi) is 3.01. The molecule has 1 unspecified atom stereocenters. The van der Waals surface area contributed by atoms with Gasteiger partial charge in [-0.25, -0.2) is 4.98 Å². The van der Waals surface area contributed by atoms with E-state index in [1.54, 1.807) is 18.0 Å². The van der Waals surface area contributed by atoms with Gasteiger partial charge in [0.15, 0.2) is 0 Å². The Morgan fingerprint density at radius 3 is 2.82 bits per heavy atom. The number of piperazine rings is 1. The molecule has 7 heteroatoms. The van der Waals surface area contributed by atoms with E-state index in [1.807, 2.05) is 0 Å². The number of nitrogens with two attached hydrogens (primary N) is 1. The first kappa shape index (κ1) is 11.5. The molecular weight excluding hydrogens is 222 g/mol. The number of anilines is 1. The van der Waals surface area contributed by atoms with Crippen LogP contribution < -0.4 is 16.0 Å². The molecule has 0 spiro atoms. The number of rotatable bonds is 2. The fourth-order valence-electron chi connectivity index (χ4n) is 1.60. The second-order valence-corrected chi connectivity index (χ2v) is 3.79. The van der Waals surface area contributed by atoms with Crippen LogP contribution in [0.1, 0.15) is 12.6 Å². The van der Waals surface area contributed by atoms with Gasteiger partial charge in [0.25, 0.3) is 0 Å². The van der Waals surface area contributed by atoms with Crippen LogP contribution in [0.3, 0.4) is 0 Å². The Morgan fingerprint density at radius 2 is 2.24 bits per heavy atom. The summed E-state index contributed by atoms with van der Waals surface area (Å²) in [6.07, 6.45) is 3.06. The molecule has 0 aromatic carbocycles. The maximum atomic E-state index is 11.5. The van der Waals surface area contributed by atoms with Gasteiger partial charge < -0.3 is 10.6 Å². The van der Waals surface area contributed by atoms with Gasteiger partial charge in [-0.2, -0.15) is 0 Å². The minimum Gasteiger partial charge on any atom is -0.334 e. The Labute approximate surface area is 98.0 Å². The zero-order chi connectivity index (χ0) is 12.4. The van der Waals surface area contributed by atoms with Crippen molar-refractivity contribution in [2.45, 2.75) is 19.5 Å². The summed E-state index contributed by atoms with van der Waals surface area (Å²) in [5.74, 6) is -0.165. The Bertz CT molecular complexity index is 445. The molecule has 1 fully saturated rings. The van der Waals surface area contributed by atoms with E-state index in [4.69, 9.17) is 5.73 Å². The highest BCUT2D eigenvalue weighted by molar-refractivity contribution is 6.04. The predicted octanol–water partition coefficient (Wildman–Crippen LogP) is -1.21. The lowest BCUT2D eigenvalue weighted by Gasteiger charge is -2.32. The molecule has 1 aliphatic heterocycles. The minimum absolute atomic E-state index is 0.101. The largest absolute Gasteiger partial charge is 0.334 e. The van der Waals surface area contributed by atoms with Gasteiger partial charge in [-0.05, 0) is 6.92 Å². The van der Waals surface area contributed by atoms with Gasteiger partial charge in [0.05, 0.1) is 24.6 Å². The minimum atomic E-state index is -0.439. The Hall–Kier alpha value is -2.02. The van der Waals surface area contributed by atoms with Crippen LogP contribution in [0, 0.1) is 0 Å². The van der Waals surface area contributed by atoms with Crippen LogP contribution in [0.2, 0.25) is 0 Å². The molecule has 1 aromatic heterocycles. The lowest BCUT2D eigenvalue weighted by Crippen LogP contribution is -2.57. The number of nitrogens with one attached hydrogen (secondary N) is 1. The third-order valence-electron chi connectivity index (χ3n) is 2.62. The Morgan fingerprint density at radius 1 is 1.47 bits per heavy atom. The first-order valence-electron chi connectivity index (χ1n) is 5.23. The van der Waals surface area contributed by atoms with Crippen LogP contribution >= 0.6 is 0 Å². The van der Waals surface area contributed by atoms with E-state index >= 15 is 0 Å². The van der Waals surface area contributed by atoms with Crippen molar-refractivity contribution in [1.29, 1.82) is 0 Å². The molecule has 0 radical (unpaired) electrons. The summed E-state index contributed by atoms with van der Waals surface area (Å²) >= 11 is 0. The molecule has 2 rings (SSSR count). The molecule has 1 atom stereocenters. The van der Waals surface area contributed by atoms with Gasteiger partial charge in [0.1, 0.15) is 11.9 Å². The number of hydrogen-bond acceptors (Lipinski definition) is 6. The molecular formula is C10H13N5O2. The first-order valence-corrected chi connectivity index (χ1v) is 5.23. The number of carbonyl (C=O) groups is 2. The van der Waals surface area contributed by atoms with E-state index in [0.29, 0.717) is 18.1 Å². The van der Waals surface area contributed by atoms with E-state index in [0.717, 1.165) is 0 Å². The summed E-state index contributed by atoms with van der Waals surface area (Å²) in [5, 5.41) is 2.26. The maximum Gasteiger partial charge on any atom is 0.249 e. The first-order chi connectivity index (χ1) is 8.11. The Balaban J connectivity index is 2.24. The van der Waals surface area contributed by atoms with Crippen LogP contribution in [-0.2, 0) is 16.1 Å². The second kappa shape index (κ2) is 4.46. The highest BCUT2D eigenvalue weighted by Gasteiger charge is 2.31. The van der Waals surface area contributed by atoms with Gasteiger partial charge in [-0.1, -0.05) is 0 Å². The van der Waals surface area contributed by atoms with Crippen molar-refractivity contribution in [3.8, 4) is 0 Å². The summed E-state index contributed by atoms with van der Waals surface area (Å²) in [5.41, 5.74) is 6.08. The lowest BCUT2D eigenvalue weighted by atomic mass is 10.2. The summed E-state index contributed by atoms with van der Waals surface area (Å²) < 4.78 is 0. The van der Waals surface area contributed by atoms with E-state index in [1.165, 1.54) is 6.20 Å². The number of amides is 2. The van der Waals surface area contributed by atoms with Crippen LogP contribution in [0.5, 0.6) is 0 Å². The molecule has 2 amide bonds. The summed E-state index contributed by atoms with van der Waals surface area (Å²) in [6, 6.07) is -0.439.